The van der Waals surface area contributed by atoms with Gasteiger partial charge in [-0.25, -0.2) is 4.98 Å². The Balaban J connectivity index is 1.06. The number of benzene rings is 1. The molecule has 1 saturated heterocycles. The molecule has 34 heavy (non-hydrogen) atoms. The maximum absolute atomic E-state index is 12.6. The summed E-state index contributed by atoms with van der Waals surface area (Å²) in [5, 5.41) is 9.93. The molecular weight excluding hydrogens is 470 g/mol. The van der Waals surface area contributed by atoms with Gasteiger partial charge in [-0.15, -0.1) is 23.1 Å². The summed E-state index contributed by atoms with van der Waals surface area (Å²) in [5.41, 5.74) is 2.04. The number of ether oxygens (including phenoxy) is 1. The zero-order valence-corrected chi connectivity index (χ0v) is 20.4. The van der Waals surface area contributed by atoms with Crippen LogP contribution in [0.25, 0.3) is 21.7 Å². The highest BCUT2D eigenvalue weighted by atomic mass is 32.2. The van der Waals surface area contributed by atoms with Crippen LogP contribution in [0.5, 0.6) is 5.75 Å². The van der Waals surface area contributed by atoms with Gasteiger partial charge >= 0.3 is 0 Å². The second-order valence-electron chi connectivity index (χ2n) is 8.05. The molecule has 0 aliphatic carbocycles. The van der Waals surface area contributed by atoms with E-state index in [4.69, 9.17) is 14.2 Å². The molecule has 0 spiro atoms. The molecule has 8 nitrogen and oxygen atoms in total. The summed E-state index contributed by atoms with van der Waals surface area (Å²) in [4.78, 5) is 25.2. The average Bonchev–Trinajstić information content (AvgIpc) is 3.57. The number of thioether (sulfide) groups is 1. The fraction of sp³-hybridized carbons (Fsp3) is 0.333. The topological polar surface area (TPSA) is 93.4 Å². The van der Waals surface area contributed by atoms with E-state index in [9.17, 15) is 4.79 Å². The summed E-state index contributed by atoms with van der Waals surface area (Å²) in [6.07, 6.45) is 3.66. The Bertz CT molecular complexity index is 1250. The van der Waals surface area contributed by atoms with Crippen molar-refractivity contribution in [3.63, 3.8) is 0 Å². The number of nitrogens with zero attached hydrogens (tertiary/aromatic N) is 4. The van der Waals surface area contributed by atoms with Crippen molar-refractivity contribution in [3.8, 4) is 16.4 Å². The summed E-state index contributed by atoms with van der Waals surface area (Å²) in [6.45, 7) is 2.87. The fourth-order valence-electron chi connectivity index (χ4n) is 3.93. The number of carbonyl (C=O) groups excluding carboxylic acids is 1. The first-order valence-corrected chi connectivity index (χ1v) is 13.0. The number of amides is 1. The van der Waals surface area contributed by atoms with Gasteiger partial charge in [0.05, 0.1) is 29.2 Å². The smallest absolute Gasteiger partial charge is 0.273 e. The third kappa shape index (κ3) is 5.40. The molecule has 1 aliphatic heterocycles. The normalized spacial score (nSPS) is 15.0. The first-order valence-electron chi connectivity index (χ1n) is 11.2. The number of nitrogens with one attached hydrogen (secondary N) is 1. The monoisotopic (exact) mass is 495 g/mol. The Morgan fingerprint density at radius 3 is 2.94 bits per heavy atom. The minimum Gasteiger partial charge on any atom is -0.497 e. The van der Waals surface area contributed by atoms with E-state index in [1.165, 1.54) is 0 Å². The van der Waals surface area contributed by atoms with E-state index in [-0.39, 0.29) is 11.9 Å². The van der Waals surface area contributed by atoms with Gasteiger partial charge in [-0.2, -0.15) is 0 Å². The molecule has 4 aromatic rings. The molecule has 1 aromatic carbocycles. The third-order valence-corrected chi connectivity index (χ3v) is 7.58. The number of hydrogen-bond acceptors (Lipinski definition) is 9. The number of piperidine rings is 1. The van der Waals surface area contributed by atoms with Gasteiger partial charge < -0.3 is 19.5 Å². The Hall–Kier alpha value is -2.95. The summed E-state index contributed by atoms with van der Waals surface area (Å²) in [6, 6.07) is 11.5. The van der Waals surface area contributed by atoms with Gasteiger partial charge in [0.2, 0.25) is 0 Å². The predicted octanol–water partition coefficient (Wildman–Crippen LogP) is 4.34. The fourth-order valence-corrected chi connectivity index (χ4v) is 5.45. The molecule has 3 aromatic heterocycles. The lowest BCUT2D eigenvalue weighted by Crippen LogP contribution is -2.45. The minimum atomic E-state index is -0.174. The van der Waals surface area contributed by atoms with Gasteiger partial charge in [0, 0.05) is 43.6 Å². The van der Waals surface area contributed by atoms with Crippen molar-refractivity contribution in [1.29, 1.82) is 0 Å². The second-order valence-corrected chi connectivity index (χ2v) is 10.1. The zero-order valence-electron chi connectivity index (χ0n) is 18.8. The standard InChI is InChI=1S/C24H25N5O3S2/c1-31-17-4-5-18-19(13-17)27-23(15-25-18)34-12-10-29-8-6-16(7-9-29)26-24(30)20-14-21(32-28-20)22-3-2-11-33-22/h2-5,11,13-16H,6-10,12H2,1H3,(H,26,30). The lowest BCUT2D eigenvalue weighted by atomic mass is 10.0. The maximum atomic E-state index is 12.6. The van der Waals surface area contributed by atoms with E-state index in [1.54, 1.807) is 36.3 Å². The van der Waals surface area contributed by atoms with E-state index in [0.29, 0.717) is 11.5 Å². The molecule has 4 heterocycles. The van der Waals surface area contributed by atoms with Crippen LogP contribution in [0.3, 0.4) is 0 Å². The van der Waals surface area contributed by atoms with Gasteiger partial charge in [0.25, 0.3) is 5.91 Å². The van der Waals surface area contributed by atoms with Crippen molar-refractivity contribution in [2.24, 2.45) is 0 Å². The number of methoxy groups -OCH3 is 1. The highest BCUT2D eigenvalue weighted by Gasteiger charge is 2.23. The van der Waals surface area contributed by atoms with Crippen LogP contribution in [0, 0.1) is 0 Å². The second kappa shape index (κ2) is 10.5. The van der Waals surface area contributed by atoms with Crippen LogP contribution in [0.2, 0.25) is 0 Å². The lowest BCUT2D eigenvalue weighted by molar-refractivity contribution is 0.0904. The van der Waals surface area contributed by atoms with Gasteiger partial charge in [0.15, 0.2) is 11.5 Å². The molecule has 1 aliphatic rings. The van der Waals surface area contributed by atoms with E-state index in [1.807, 2.05) is 41.9 Å². The molecular formula is C24H25N5O3S2. The number of hydrogen-bond donors (Lipinski definition) is 1. The SMILES string of the molecule is COc1ccc2ncc(SCCN3CCC(NC(=O)c4cc(-c5cccs5)on4)CC3)nc2c1. The van der Waals surface area contributed by atoms with Crippen molar-refractivity contribution in [3.05, 3.63) is 53.7 Å². The molecule has 0 bridgehead atoms. The number of carbonyl (C=O) groups is 1. The first kappa shape index (κ1) is 22.8. The van der Waals surface area contributed by atoms with E-state index < -0.39 is 0 Å². The highest BCUT2D eigenvalue weighted by molar-refractivity contribution is 7.99. The predicted molar refractivity (Wildman–Crippen MR) is 134 cm³/mol. The molecule has 0 radical (unpaired) electrons. The van der Waals surface area contributed by atoms with Crippen molar-refractivity contribution in [2.75, 3.05) is 32.5 Å². The quantitative estimate of drug-likeness (QED) is 0.361. The zero-order chi connectivity index (χ0) is 23.3. The van der Waals surface area contributed by atoms with Gasteiger partial charge in [-0.3, -0.25) is 9.78 Å². The van der Waals surface area contributed by atoms with Gasteiger partial charge in [-0.1, -0.05) is 11.2 Å². The molecule has 1 N–H and O–H groups in total. The third-order valence-electron chi connectivity index (χ3n) is 5.81. The van der Waals surface area contributed by atoms with Crippen molar-refractivity contribution < 1.29 is 14.1 Å². The average molecular weight is 496 g/mol. The number of fused-ring (bicyclic) bond motifs is 1. The molecule has 0 unspecified atom stereocenters. The summed E-state index contributed by atoms with van der Waals surface area (Å²) >= 11 is 3.27. The molecule has 176 valence electrons. The van der Waals surface area contributed by atoms with E-state index in [2.05, 4.69) is 20.4 Å². The Morgan fingerprint density at radius 2 is 2.15 bits per heavy atom. The van der Waals surface area contributed by atoms with Crippen LogP contribution in [0.4, 0.5) is 0 Å². The molecule has 0 atom stereocenters. The lowest BCUT2D eigenvalue weighted by Gasteiger charge is -2.32. The van der Waals surface area contributed by atoms with Crippen LogP contribution in [-0.4, -0.2) is 64.5 Å². The Kier molecular flexibility index (Phi) is 7.08. The van der Waals surface area contributed by atoms with E-state index in [0.717, 1.165) is 64.9 Å². The molecule has 10 heteroatoms. The Labute approximate surface area is 205 Å². The van der Waals surface area contributed by atoms with Crippen molar-refractivity contribution >= 4 is 40.0 Å². The van der Waals surface area contributed by atoms with Gasteiger partial charge in [-0.05, 0) is 36.4 Å². The van der Waals surface area contributed by atoms with Crippen LogP contribution < -0.4 is 10.1 Å². The van der Waals surface area contributed by atoms with Crippen LogP contribution >= 0.6 is 23.1 Å². The van der Waals surface area contributed by atoms with E-state index >= 15 is 0 Å². The van der Waals surface area contributed by atoms with Crippen LogP contribution in [0.15, 0.2) is 57.5 Å². The molecule has 5 rings (SSSR count). The summed E-state index contributed by atoms with van der Waals surface area (Å²) < 4.78 is 10.6. The van der Waals surface area contributed by atoms with Gasteiger partial charge in [0.1, 0.15) is 10.8 Å². The number of likely N-dealkylation sites (tertiary alicyclic amines) is 1. The van der Waals surface area contributed by atoms with Crippen LogP contribution in [-0.2, 0) is 0 Å². The maximum Gasteiger partial charge on any atom is 0.273 e. The summed E-state index contributed by atoms with van der Waals surface area (Å²) in [7, 11) is 1.65. The first-order chi connectivity index (χ1) is 16.7. The minimum absolute atomic E-state index is 0.152. The summed E-state index contributed by atoms with van der Waals surface area (Å²) in [5.74, 6) is 2.17. The number of aromatic nitrogens is 3. The molecule has 1 amide bonds. The van der Waals surface area contributed by atoms with Crippen LogP contribution in [0.1, 0.15) is 23.3 Å². The molecule has 1 fully saturated rings. The number of rotatable bonds is 8. The van der Waals surface area contributed by atoms with Crippen molar-refractivity contribution in [2.45, 2.75) is 23.9 Å². The largest absolute Gasteiger partial charge is 0.497 e. The molecule has 0 saturated carbocycles. The number of thiophene rings is 1. The highest BCUT2D eigenvalue weighted by Crippen LogP contribution is 2.25. The van der Waals surface area contributed by atoms with Crippen molar-refractivity contribution in [1.82, 2.24) is 25.3 Å². The Morgan fingerprint density at radius 1 is 1.26 bits per heavy atom.